The monoisotopic (exact) mass is 412 g/mol. The fourth-order valence-corrected chi connectivity index (χ4v) is 5.89. The molecule has 154 valence electrons. The van der Waals surface area contributed by atoms with E-state index in [1.807, 2.05) is 41.3 Å². The van der Waals surface area contributed by atoms with Gasteiger partial charge in [0.1, 0.15) is 0 Å². The number of piperidine rings is 1. The number of benzene rings is 2. The van der Waals surface area contributed by atoms with Crippen molar-refractivity contribution in [3.8, 4) is 0 Å². The van der Waals surface area contributed by atoms with Gasteiger partial charge in [-0.25, -0.2) is 8.42 Å². The number of carbonyl (C=O) groups is 1. The van der Waals surface area contributed by atoms with Crippen molar-refractivity contribution in [2.75, 3.05) is 24.5 Å². The van der Waals surface area contributed by atoms with Crippen molar-refractivity contribution >= 4 is 21.6 Å². The zero-order chi connectivity index (χ0) is 20.4. The lowest BCUT2D eigenvalue weighted by Crippen LogP contribution is -2.35. The molecule has 2 aromatic rings. The first kappa shape index (κ1) is 20.1. The van der Waals surface area contributed by atoms with Crippen LogP contribution in [0, 0.1) is 0 Å². The van der Waals surface area contributed by atoms with E-state index in [0.717, 1.165) is 36.1 Å². The zero-order valence-electron chi connectivity index (χ0n) is 16.9. The van der Waals surface area contributed by atoms with E-state index in [9.17, 15) is 13.2 Å². The summed E-state index contributed by atoms with van der Waals surface area (Å²) in [7, 11) is -3.45. The number of hydrogen-bond donors (Lipinski definition) is 0. The molecule has 0 saturated carbocycles. The van der Waals surface area contributed by atoms with Crippen LogP contribution in [0.25, 0.3) is 0 Å². The van der Waals surface area contributed by atoms with Crippen molar-refractivity contribution in [1.29, 1.82) is 0 Å². The second-order valence-electron chi connectivity index (χ2n) is 8.07. The minimum atomic E-state index is -3.45. The number of anilines is 1. The third-order valence-corrected chi connectivity index (χ3v) is 7.94. The molecule has 2 aliphatic heterocycles. The average Bonchev–Trinajstić information content (AvgIpc) is 3.18. The van der Waals surface area contributed by atoms with Crippen molar-refractivity contribution in [2.45, 2.75) is 49.8 Å². The van der Waals surface area contributed by atoms with Crippen LogP contribution in [-0.2, 0) is 21.2 Å². The standard InChI is InChI=1S/C23H28N2O3S/c1-18(19-8-4-2-5-9-19)16-23(26)25-15-12-20-17-21(10-11-22(20)25)29(27,28)24-13-6-3-7-14-24/h2,4-5,8-11,17-18H,3,6-7,12-16H2,1H3/t18-/m0/s1. The molecule has 0 aromatic heterocycles. The van der Waals surface area contributed by atoms with Crippen LogP contribution in [0.3, 0.4) is 0 Å². The Morgan fingerprint density at radius 2 is 1.72 bits per heavy atom. The molecule has 0 aliphatic carbocycles. The van der Waals surface area contributed by atoms with E-state index in [1.165, 1.54) is 0 Å². The molecule has 1 atom stereocenters. The molecule has 0 spiro atoms. The molecule has 0 unspecified atom stereocenters. The van der Waals surface area contributed by atoms with Gasteiger partial charge in [-0.1, -0.05) is 43.7 Å². The van der Waals surface area contributed by atoms with Crippen molar-refractivity contribution in [3.63, 3.8) is 0 Å². The molecule has 0 radical (unpaired) electrons. The third kappa shape index (κ3) is 4.09. The van der Waals surface area contributed by atoms with Crippen LogP contribution >= 0.6 is 0 Å². The molecule has 1 saturated heterocycles. The molecule has 1 fully saturated rings. The Morgan fingerprint density at radius 1 is 1.00 bits per heavy atom. The average molecular weight is 413 g/mol. The zero-order valence-corrected chi connectivity index (χ0v) is 17.7. The molecular weight excluding hydrogens is 384 g/mol. The van der Waals surface area contributed by atoms with Gasteiger partial charge in [0, 0.05) is 31.7 Å². The van der Waals surface area contributed by atoms with Crippen molar-refractivity contribution < 1.29 is 13.2 Å². The van der Waals surface area contributed by atoms with E-state index >= 15 is 0 Å². The van der Waals surface area contributed by atoms with Gasteiger partial charge in [-0.05, 0) is 54.5 Å². The van der Waals surface area contributed by atoms with Crippen LogP contribution in [0.5, 0.6) is 0 Å². The van der Waals surface area contributed by atoms with E-state index in [2.05, 4.69) is 6.92 Å². The van der Waals surface area contributed by atoms with Gasteiger partial charge >= 0.3 is 0 Å². The highest BCUT2D eigenvalue weighted by molar-refractivity contribution is 7.89. The van der Waals surface area contributed by atoms with Crippen LogP contribution in [0.1, 0.15) is 49.7 Å². The number of fused-ring (bicyclic) bond motifs is 1. The van der Waals surface area contributed by atoms with Gasteiger partial charge in [0.25, 0.3) is 0 Å². The van der Waals surface area contributed by atoms with Gasteiger partial charge in [-0.3, -0.25) is 4.79 Å². The second kappa shape index (κ2) is 8.28. The summed E-state index contributed by atoms with van der Waals surface area (Å²) in [5, 5.41) is 0. The molecule has 2 heterocycles. The molecule has 4 rings (SSSR count). The molecular formula is C23H28N2O3S. The maximum absolute atomic E-state index is 13.0. The van der Waals surface area contributed by atoms with Gasteiger partial charge in [-0.15, -0.1) is 0 Å². The minimum absolute atomic E-state index is 0.0896. The van der Waals surface area contributed by atoms with E-state index in [4.69, 9.17) is 0 Å². The topological polar surface area (TPSA) is 57.7 Å². The quantitative estimate of drug-likeness (QED) is 0.747. The number of hydrogen-bond acceptors (Lipinski definition) is 3. The highest BCUT2D eigenvalue weighted by Crippen LogP contribution is 2.33. The first-order valence-corrected chi connectivity index (χ1v) is 11.9. The van der Waals surface area contributed by atoms with Crippen molar-refractivity contribution in [3.05, 3.63) is 59.7 Å². The van der Waals surface area contributed by atoms with Crippen LogP contribution < -0.4 is 4.90 Å². The van der Waals surface area contributed by atoms with Gasteiger partial charge < -0.3 is 4.90 Å². The number of carbonyl (C=O) groups excluding carboxylic acids is 1. The minimum Gasteiger partial charge on any atom is -0.312 e. The number of rotatable bonds is 5. The Labute approximate surface area is 173 Å². The van der Waals surface area contributed by atoms with Crippen LogP contribution in [0.2, 0.25) is 0 Å². The van der Waals surface area contributed by atoms with E-state index in [1.54, 1.807) is 16.4 Å². The Morgan fingerprint density at radius 3 is 2.45 bits per heavy atom. The summed E-state index contributed by atoms with van der Waals surface area (Å²) < 4.78 is 27.5. The maximum Gasteiger partial charge on any atom is 0.243 e. The van der Waals surface area contributed by atoms with Crippen LogP contribution in [0.4, 0.5) is 5.69 Å². The number of nitrogens with zero attached hydrogens (tertiary/aromatic N) is 2. The molecule has 0 bridgehead atoms. The Kier molecular flexibility index (Phi) is 5.74. The Bertz CT molecular complexity index is 982. The molecule has 2 aromatic carbocycles. The lowest BCUT2D eigenvalue weighted by molar-refractivity contribution is -0.118. The van der Waals surface area contributed by atoms with Gasteiger partial charge in [0.15, 0.2) is 0 Å². The highest BCUT2D eigenvalue weighted by atomic mass is 32.2. The summed E-state index contributed by atoms with van der Waals surface area (Å²) in [5.74, 6) is 0.234. The van der Waals surface area contributed by atoms with Crippen molar-refractivity contribution in [1.82, 2.24) is 4.31 Å². The predicted octanol–water partition coefficient (Wildman–Crippen LogP) is 3.94. The maximum atomic E-state index is 13.0. The SMILES string of the molecule is C[C@@H](CC(=O)N1CCc2cc(S(=O)(=O)N3CCCCC3)ccc21)c1ccccc1. The summed E-state index contributed by atoms with van der Waals surface area (Å²) in [4.78, 5) is 15.1. The smallest absolute Gasteiger partial charge is 0.243 e. The molecule has 6 heteroatoms. The number of sulfonamides is 1. The third-order valence-electron chi connectivity index (χ3n) is 6.05. The summed E-state index contributed by atoms with van der Waals surface area (Å²) in [6.45, 7) is 3.88. The van der Waals surface area contributed by atoms with E-state index in [-0.39, 0.29) is 11.8 Å². The molecule has 0 N–H and O–H groups in total. The lowest BCUT2D eigenvalue weighted by Gasteiger charge is -2.26. The Balaban J connectivity index is 1.50. The molecule has 1 amide bonds. The highest BCUT2D eigenvalue weighted by Gasteiger charge is 2.30. The first-order valence-electron chi connectivity index (χ1n) is 10.5. The molecule has 5 nitrogen and oxygen atoms in total. The second-order valence-corrected chi connectivity index (χ2v) is 10.0. The van der Waals surface area contributed by atoms with Crippen LogP contribution in [-0.4, -0.2) is 38.3 Å². The first-order chi connectivity index (χ1) is 14.0. The van der Waals surface area contributed by atoms with Gasteiger partial charge in [0.2, 0.25) is 15.9 Å². The molecule has 29 heavy (non-hydrogen) atoms. The molecule has 2 aliphatic rings. The summed E-state index contributed by atoms with van der Waals surface area (Å²) in [6, 6.07) is 15.3. The summed E-state index contributed by atoms with van der Waals surface area (Å²) in [6.07, 6.45) is 4.08. The number of amides is 1. The van der Waals surface area contributed by atoms with E-state index < -0.39 is 10.0 Å². The van der Waals surface area contributed by atoms with Gasteiger partial charge in [0.05, 0.1) is 4.90 Å². The predicted molar refractivity (Wildman–Crippen MR) is 115 cm³/mol. The summed E-state index contributed by atoms with van der Waals surface area (Å²) in [5.41, 5.74) is 2.96. The largest absolute Gasteiger partial charge is 0.312 e. The fourth-order valence-electron chi connectivity index (χ4n) is 4.32. The summed E-state index contributed by atoms with van der Waals surface area (Å²) >= 11 is 0. The van der Waals surface area contributed by atoms with E-state index in [0.29, 0.717) is 37.4 Å². The van der Waals surface area contributed by atoms with Gasteiger partial charge in [-0.2, -0.15) is 4.31 Å². The Hall–Kier alpha value is -2.18. The lowest BCUT2D eigenvalue weighted by atomic mass is 9.97. The fraction of sp³-hybridized carbons (Fsp3) is 0.435. The van der Waals surface area contributed by atoms with Crippen LogP contribution in [0.15, 0.2) is 53.4 Å². The normalized spacial score (nSPS) is 18.4. The van der Waals surface area contributed by atoms with Crippen molar-refractivity contribution in [2.24, 2.45) is 0 Å².